The van der Waals surface area contributed by atoms with Gasteiger partial charge in [-0.25, -0.2) is 0 Å². The zero-order valence-corrected chi connectivity index (χ0v) is 14.6. The molecule has 0 aliphatic carbocycles. The molecule has 1 fully saturated rings. The van der Waals surface area contributed by atoms with Crippen molar-refractivity contribution in [1.29, 1.82) is 0 Å². The normalized spacial score (nSPS) is 16.8. The molecule has 1 aliphatic heterocycles. The third kappa shape index (κ3) is 3.23. The largest absolute Gasteiger partial charge is 0.508 e. The van der Waals surface area contributed by atoms with Crippen LogP contribution in [0.15, 0.2) is 60.7 Å². The molecule has 4 heteroatoms. The van der Waals surface area contributed by atoms with E-state index in [1.807, 2.05) is 36.4 Å². The van der Waals surface area contributed by atoms with Crippen LogP contribution in [-0.4, -0.2) is 36.3 Å². The van der Waals surface area contributed by atoms with E-state index in [9.17, 15) is 5.11 Å². The Morgan fingerprint density at radius 1 is 0.960 bits per heavy atom. The maximum atomic E-state index is 10.7. The number of phenols is 1. The lowest BCUT2D eigenvalue weighted by atomic mass is 9.91. The number of aromatic hydroxyl groups is 1. The SMILES string of the molecule is Oc1ccc2ccccc2c1C(c1cccc(Cl)c1)N1CCOCC1. The zero-order valence-electron chi connectivity index (χ0n) is 13.9. The molecular weight excluding hydrogens is 334 g/mol. The first-order valence-corrected chi connectivity index (χ1v) is 8.90. The van der Waals surface area contributed by atoms with Crippen molar-refractivity contribution in [1.82, 2.24) is 4.90 Å². The second-order valence-corrected chi connectivity index (χ2v) is 6.76. The summed E-state index contributed by atoms with van der Waals surface area (Å²) in [5, 5.41) is 13.6. The van der Waals surface area contributed by atoms with Gasteiger partial charge in [-0.2, -0.15) is 0 Å². The summed E-state index contributed by atoms with van der Waals surface area (Å²) in [5.41, 5.74) is 2.02. The second-order valence-electron chi connectivity index (χ2n) is 6.33. The fourth-order valence-electron chi connectivity index (χ4n) is 3.64. The minimum atomic E-state index is -0.0614. The number of rotatable bonds is 3. The van der Waals surface area contributed by atoms with Gasteiger partial charge < -0.3 is 9.84 Å². The quantitative estimate of drug-likeness (QED) is 0.745. The standard InChI is InChI=1S/C21H20ClNO2/c22-17-6-3-5-16(14-17)21(23-10-12-25-13-11-23)20-18-7-2-1-4-15(18)8-9-19(20)24/h1-9,14,21,24H,10-13H2. The highest BCUT2D eigenvalue weighted by molar-refractivity contribution is 6.30. The fourth-order valence-corrected chi connectivity index (χ4v) is 3.84. The molecule has 25 heavy (non-hydrogen) atoms. The van der Waals surface area contributed by atoms with Gasteiger partial charge in [0.1, 0.15) is 5.75 Å². The van der Waals surface area contributed by atoms with Crippen LogP contribution in [0.25, 0.3) is 10.8 Å². The van der Waals surface area contributed by atoms with Gasteiger partial charge in [-0.3, -0.25) is 4.90 Å². The van der Waals surface area contributed by atoms with Crippen LogP contribution in [0.1, 0.15) is 17.2 Å². The first-order valence-electron chi connectivity index (χ1n) is 8.52. The van der Waals surface area contributed by atoms with E-state index in [2.05, 4.69) is 23.1 Å². The van der Waals surface area contributed by atoms with Gasteiger partial charge in [0.05, 0.1) is 19.3 Å². The predicted molar refractivity (Wildman–Crippen MR) is 101 cm³/mol. The minimum absolute atomic E-state index is 0.0614. The fraction of sp³-hybridized carbons (Fsp3) is 0.238. The Labute approximate surface area is 152 Å². The van der Waals surface area contributed by atoms with Crippen LogP contribution in [-0.2, 0) is 4.74 Å². The maximum Gasteiger partial charge on any atom is 0.121 e. The summed E-state index contributed by atoms with van der Waals surface area (Å²) >= 11 is 6.27. The predicted octanol–water partition coefficient (Wildman–Crippen LogP) is 4.62. The van der Waals surface area contributed by atoms with Crippen LogP contribution in [0, 0.1) is 0 Å². The van der Waals surface area contributed by atoms with Gasteiger partial charge in [-0.1, -0.05) is 54.1 Å². The van der Waals surface area contributed by atoms with Crippen LogP contribution in [0.2, 0.25) is 5.02 Å². The van der Waals surface area contributed by atoms with Crippen LogP contribution in [0.5, 0.6) is 5.75 Å². The summed E-state index contributed by atoms with van der Waals surface area (Å²) in [6.07, 6.45) is 0. The van der Waals surface area contributed by atoms with E-state index >= 15 is 0 Å². The summed E-state index contributed by atoms with van der Waals surface area (Å²) in [6, 6.07) is 19.8. The summed E-state index contributed by atoms with van der Waals surface area (Å²) in [6.45, 7) is 3.03. The van der Waals surface area contributed by atoms with E-state index in [-0.39, 0.29) is 6.04 Å². The van der Waals surface area contributed by atoms with Gasteiger partial charge in [0.15, 0.2) is 0 Å². The Hall–Kier alpha value is -2.07. The first kappa shape index (κ1) is 16.4. The molecule has 0 amide bonds. The molecule has 1 heterocycles. The summed E-state index contributed by atoms with van der Waals surface area (Å²) in [5.74, 6) is 0.315. The molecule has 1 aliphatic rings. The van der Waals surface area contributed by atoms with E-state index in [4.69, 9.17) is 16.3 Å². The number of nitrogens with zero attached hydrogens (tertiary/aromatic N) is 1. The van der Waals surface area contributed by atoms with Gasteiger partial charge in [-0.15, -0.1) is 0 Å². The van der Waals surface area contributed by atoms with E-state index in [1.165, 1.54) is 0 Å². The Morgan fingerprint density at radius 2 is 1.76 bits per heavy atom. The van der Waals surface area contributed by atoms with Gasteiger partial charge in [0, 0.05) is 23.7 Å². The molecule has 4 rings (SSSR count). The van der Waals surface area contributed by atoms with Crippen LogP contribution < -0.4 is 0 Å². The van der Waals surface area contributed by atoms with E-state index in [1.54, 1.807) is 6.07 Å². The highest BCUT2D eigenvalue weighted by Gasteiger charge is 2.28. The van der Waals surface area contributed by atoms with Crippen LogP contribution >= 0.6 is 11.6 Å². The number of ether oxygens (including phenoxy) is 1. The molecule has 0 saturated carbocycles. The van der Waals surface area contributed by atoms with Crippen molar-refractivity contribution in [2.45, 2.75) is 6.04 Å². The van der Waals surface area contributed by atoms with Crippen molar-refractivity contribution >= 4 is 22.4 Å². The molecule has 3 nitrogen and oxygen atoms in total. The Balaban J connectivity index is 1.93. The lowest BCUT2D eigenvalue weighted by Crippen LogP contribution is -2.39. The molecule has 1 atom stereocenters. The second kappa shape index (κ2) is 7.04. The third-order valence-electron chi connectivity index (χ3n) is 4.80. The van der Waals surface area contributed by atoms with Crippen molar-refractivity contribution in [3.05, 3.63) is 76.8 Å². The molecule has 3 aromatic carbocycles. The lowest BCUT2D eigenvalue weighted by molar-refractivity contribution is 0.0238. The molecule has 0 bridgehead atoms. The molecule has 1 saturated heterocycles. The number of halogens is 1. The van der Waals surface area contributed by atoms with Crippen molar-refractivity contribution in [2.75, 3.05) is 26.3 Å². The van der Waals surface area contributed by atoms with Crippen LogP contribution in [0.3, 0.4) is 0 Å². The Morgan fingerprint density at radius 3 is 2.56 bits per heavy atom. The number of fused-ring (bicyclic) bond motifs is 1. The number of hydrogen-bond donors (Lipinski definition) is 1. The molecule has 0 aromatic heterocycles. The average Bonchev–Trinajstić information content (AvgIpc) is 2.65. The lowest BCUT2D eigenvalue weighted by Gasteiger charge is -2.36. The van der Waals surface area contributed by atoms with Gasteiger partial charge in [0.25, 0.3) is 0 Å². The molecule has 128 valence electrons. The van der Waals surface area contributed by atoms with Gasteiger partial charge in [-0.05, 0) is 34.5 Å². The Bertz CT molecular complexity index is 890. The van der Waals surface area contributed by atoms with Crippen molar-refractivity contribution in [3.63, 3.8) is 0 Å². The number of phenolic OH excluding ortho intramolecular Hbond substituents is 1. The minimum Gasteiger partial charge on any atom is -0.508 e. The number of benzene rings is 3. The zero-order chi connectivity index (χ0) is 17.2. The third-order valence-corrected chi connectivity index (χ3v) is 5.03. The topological polar surface area (TPSA) is 32.7 Å². The van der Waals surface area contributed by atoms with E-state index in [0.717, 1.165) is 35.0 Å². The summed E-state index contributed by atoms with van der Waals surface area (Å²) in [7, 11) is 0. The van der Waals surface area contributed by atoms with Gasteiger partial charge >= 0.3 is 0 Å². The van der Waals surface area contributed by atoms with Gasteiger partial charge in [0.2, 0.25) is 0 Å². The van der Waals surface area contributed by atoms with E-state index in [0.29, 0.717) is 24.0 Å². The van der Waals surface area contributed by atoms with Crippen LogP contribution in [0.4, 0.5) is 0 Å². The van der Waals surface area contributed by atoms with E-state index < -0.39 is 0 Å². The van der Waals surface area contributed by atoms with Crippen molar-refractivity contribution in [3.8, 4) is 5.75 Å². The monoisotopic (exact) mass is 353 g/mol. The summed E-state index contributed by atoms with van der Waals surface area (Å²) in [4.78, 5) is 2.36. The average molecular weight is 354 g/mol. The molecule has 0 radical (unpaired) electrons. The number of hydrogen-bond acceptors (Lipinski definition) is 3. The summed E-state index contributed by atoms with van der Waals surface area (Å²) < 4.78 is 5.53. The molecule has 1 N–H and O–H groups in total. The highest BCUT2D eigenvalue weighted by atomic mass is 35.5. The molecular formula is C21H20ClNO2. The van der Waals surface area contributed by atoms with Crippen molar-refractivity contribution < 1.29 is 9.84 Å². The van der Waals surface area contributed by atoms with Crippen molar-refractivity contribution in [2.24, 2.45) is 0 Å². The number of morpholine rings is 1. The molecule has 0 spiro atoms. The highest BCUT2D eigenvalue weighted by Crippen LogP contribution is 2.40. The smallest absolute Gasteiger partial charge is 0.121 e. The maximum absolute atomic E-state index is 10.7. The molecule has 1 unspecified atom stereocenters. The Kier molecular flexibility index (Phi) is 4.62. The first-order chi connectivity index (χ1) is 12.2. The molecule has 3 aromatic rings.